The summed E-state index contributed by atoms with van der Waals surface area (Å²) in [5.41, 5.74) is 0. The number of carboxylic acid groups (broad SMARTS) is 1. The van der Waals surface area contributed by atoms with Crippen molar-refractivity contribution in [2.75, 3.05) is 32.7 Å². The largest absolute Gasteiger partial charge is 0.481 e. The van der Waals surface area contributed by atoms with Gasteiger partial charge in [-0.05, 0) is 26.2 Å². The number of urea groups is 1. The van der Waals surface area contributed by atoms with Gasteiger partial charge in [-0.3, -0.25) is 9.69 Å². The van der Waals surface area contributed by atoms with Crippen LogP contribution in [0.25, 0.3) is 0 Å². The van der Waals surface area contributed by atoms with Gasteiger partial charge < -0.3 is 14.9 Å². The van der Waals surface area contributed by atoms with Crippen LogP contribution in [0.2, 0.25) is 0 Å². The first-order valence-corrected chi connectivity index (χ1v) is 7.60. The van der Waals surface area contributed by atoms with E-state index in [0.29, 0.717) is 13.0 Å². The Hall–Kier alpha value is -1.30. The number of amides is 2. The van der Waals surface area contributed by atoms with E-state index < -0.39 is 11.9 Å². The zero-order valence-corrected chi connectivity index (χ0v) is 12.0. The predicted molar refractivity (Wildman–Crippen MR) is 73.5 cm³/mol. The third kappa shape index (κ3) is 2.49. The van der Waals surface area contributed by atoms with E-state index in [9.17, 15) is 9.59 Å². The van der Waals surface area contributed by atoms with Crippen molar-refractivity contribution in [2.24, 2.45) is 5.92 Å². The van der Waals surface area contributed by atoms with Crippen molar-refractivity contribution in [1.29, 1.82) is 0 Å². The molecule has 0 aromatic carbocycles. The van der Waals surface area contributed by atoms with Crippen molar-refractivity contribution in [3.05, 3.63) is 0 Å². The number of aliphatic carboxylic acids is 1. The van der Waals surface area contributed by atoms with E-state index in [-0.39, 0.29) is 12.1 Å². The van der Waals surface area contributed by atoms with Crippen molar-refractivity contribution in [3.63, 3.8) is 0 Å². The highest BCUT2D eigenvalue weighted by atomic mass is 16.4. The van der Waals surface area contributed by atoms with Gasteiger partial charge in [0, 0.05) is 44.8 Å². The van der Waals surface area contributed by atoms with Crippen LogP contribution in [0.5, 0.6) is 0 Å². The Kier molecular flexibility index (Phi) is 3.58. The number of hydrogen-bond donors (Lipinski definition) is 1. The molecule has 0 spiro atoms. The van der Waals surface area contributed by atoms with Gasteiger partial charge in [-0.25, -0.2) is 4.79 Å². The molecule has 1 N–H and O–H groups in total. The van der Waals surface area contributed by atoms with Crippen molar-refractivity contribution in [1.82, 2.24) is 14.7 Å². The van der Waals surface area contributed by atoms with E-state index >= 15 is 0 Å². The van der Waals surface area contributed by atoms with Crippen LogP contribution in [-0.4, -0.2) is 76.6 Å². The molecule has 2 heterocycles. The fourth-order valence-corrected chi connectivity index (χ4v) is 3.44. The number of carbonyl (C=O) groups is 2. The van der Waals surface area contributed by atoms with Crippen LogP contribution in [0.15, 0.2) is 0 Å². The molecule has 2 aliphatic heterocycles. The highest BCUT2D eigenvalue weighted by Crippen LogP contribution is 2.29. The summed E-state index contributed by atoms with van der Waals surface area (Å²) in [5.74, 6) is -1.20. The fourth-order valence-electron chi connectivity index (χ4n) is 3.44. The zero-order chi connectivity index (χ0) is 14.3. The van der Waals surface area contributed by atoms with Crippen molar-refractivity contribution < 1.29 is 14.7 Å². The third-order valence-electron chi connectivity index (χ3n) is 4.97. The lowest BCUT2D eigenvalue weighted by Crippen LogP contribution is -2.54. The van der Waals surface area contributed by atoms with Gasteiger partial charge in [-0.2, -0.15) is 0 Å². The first-order chi connectivity index (χ1) is 9.58. The standard InChI is InChI=1S/C14H23N3O3/c1-10-12(13(18)19)4-5-17(10)14(20)16-8-6-15(7-9-16)11-2-3-11/h10-12H,2-9H2,1H3,(H,18,19). The average Bonchev–Trinajstić information content (AvgIpc) is 3.21. The van der Waals surface area contributed by atoms with Gasteiger partial charge in [-0.15, -0.1) is 0 Å². The second-order valence-corrected chi connectivity index (χ2v) is 6.20. The third-order valence-corrected chi connectivity index (χ3v) is 4.97. The molecule has 2 atom stereocenters. The second-order valence-electron chi connectivity index (χ2n) is 6.20. The van der Waals surface area contributed by atoms with Crippen LogP contribution in [0.4, 0.5) is 4.79 Å². The quantitative estimate of drug-likeness (QED) is 0.808. The highest BCUT2D eigenvalue weighted by Gasteiger charge is 2.40. The molecule has 0 bridgehead atoms. The van der Waals surface area contributed by atoms with E-state index in [4.69, 9.17) is 5.11 Å². The SMILES string of the molecule is CC1C(C(=O)O)CCN1C(=O)N1CCN(C2CC2)CC1. The van der Waals surface area contributed by atoms with E-state index in [1.807, 2.05) is 11.8 Å². The topological polar surface area (TPSA) is 64.1 Å². The fraction of sp³-hybridized carbons (Fsp3) is 0.857. The lowest BCUT2D eigenvalue weighted by atomic mass is 10.0. The van der Waals surface area contributed by atoms with Crippen molar-refractivity contribution in [3.8, 4) is 0 Å². The van der Waals surface area contributed by atoms with E-state index in [1.165, 1.54) is 12.8 Å². The highest BCUT2D eigenvalue weighted by molar-refractivity contribution is 5.78. The molecule has 1 aliphatic carbocycles. The number of carbonyl (C=O) groups excluding carboxylic acids is 1. The molecule has 112 valence electrons. The maximum absolute atomic E-state index is 12.5. The molecule has 2 unspecified atom stereocenters. The summed E-state index contributed by atoms with van der Waals surface area (Å²) >= 11 is 0. The predicted octanol–water partition coefficient (Wildman–Crippen LogP) is 0.681. The zero-order valence-electron chi connectivity index (χ0n) is 12.0. The maximum Gasteiger partial charge on any atom is 0.320 e. The minimum Gasteiger partial charge on any atom is -0.481 e. The van der Waals surface area contributed by atoms with Gasteiger partial charge in [0.25, 0.3) is 0 Å². The molecule has 2 saturated heterocycles. The number of likely N-dealkylation sites (tertiary alicyclic amines) is 1. The van der Waals surface area contributed by atoms with Gasteiger partial charge in [0.15, 0.2) is 0 Å². The van der Waals surface area contributed by atoms with E-state index in [2.05, 4.69) is 4.90 Å². The Bertz CT molecular complexity index is 402. The second kappa shape index (κ2) is 5.24. The van der Waals surface area contributed by atoms with Gasteiger partial charge in [0.1, 0.15) is 0 Å². The van der Waals surface area contributed by atoms with Crippen LogP contribution in [0.3, 0.4) is 0 Å². The molecule has 1 saturated carbocycles. The van der Waals surface area contributed by atoms with Gasteiger partial charge >= 0.3 is 12.0 Å². The number of rotatable bonds is 2. The Balaban J connectivity index is 1.55. The number of piperazine rings is 1. The molecule has 6 nitrogen and oxygen atoms in total. The smallest absolute Gasteiger partial charge is 0.320 e. The minimum atomic E-state index is -0.786. The van der Waals surface area contributed by atoms with Crippen LogP contribution < -0.4 is 0 Å². The van der Waals surface area contributed by atoms with Crippen molar-refractivity contribution >= 4 is 12.0 Å². The molecule has 20 heavy (non-hydrogen) atoms. The van der Waals surface area contributed by atoms with Crippen LogP contribution in [-0.2, 0) is 4.79 Å². The van der Waals surface area contributed by atoms with Gasteiger partial charge in [-0.1, -0.05) is 0 Å². The monoisotopic (exact) mass is 281 g/mol. The molecule has 6 heteroatoms. The van der Waals surface area contributed by atoms with E-state index in [0.717, 1.165) is 32.2 Å². The number of carboxylic acids is 1. The minimum absolute atomic E-state index is 0.0247. The Labute approximate surface area is 119 Å². The average molecular weight is 281 g/mol. The molecule has 0 aromatic heterocycles. The maximum atomic E-state index is 12.5. The summed E-state index contributed by atoms with van der Waals surface area (Å²) in [6, 6.07) is 0.590. The van der Waals surface area contributed by atoms with Gasteiger partial charge in [0.05, 0.1) is 5.92 Å². The normalized spacial score (nSPS) is 31.6. The molecule has 3 rings (SSSR count). The Morgan fingerprint density at radius 3 is 2.15 bits per heavy atom. The molecule has 0 aromatic rings. The Morgan fingerprint density at radius 1 is 1.00 bits per heavy atom. The van der Waals surface area contributed by atoms with Crippen LogP contribution >= 0.6 is 0 Å². The number of hydrogen-bond acceptors (Lipinski definition) is 3. The summed E-state index contributed by atoms with van der Waals surface area (Å²) in [6.45, 7) is 5.89. The lowest BCUT2D eigenvalue weighted by Gasteiger charge is -2.38. The molecular formula is C14H23N3O3. The van der Waals surface area contributed by atoms with Crippen molar-refractivity contribution in [2.45, 2.75) is 38.3 Å². The first-order valence-electron chi connectivity index (χ1n) is 7.60. The summed E-state index contributed by atoms with van der Waals surface area (Å²) in [7, 11) is 0. The number of nitrogens with zero attached hydrogens (tertiary/aromatic N) is 3. The summed E-state index contributed by atoms with van der Waals surface area (Å²) in [6.07, 6.45) is 3.18. The first kappa shape index (κ1) is 13.7. The van der Waals surface area contributed by atoms with Crippen LogP contribution in [0.1, 0.15) is 26.2 Å². The molecule has 3 aliphatic rings. The molecular weight excluding hydrogens is 258 g/mol. The van der Waals surface area contributed by atoms with Crippen LogP contribution in [0, 0.1) is 5.92 Å². The molecule has 0 radical (unpaired) electrons. The van der Waals surface area contributed by atoms with Gasteiger partial charge in [0.2, 0.25) is 0 Å². The molecule has 3 fully saturated rings. The molecule has 2 amide bonds. The summed E-state index contributed by atoms with van der Waals surface area (Å²) < 4.78 is 0. The summed E-state index contributed by atoms with van der Waals surface area (Å²) in [5, 5.41) is 9.14. The lowest BCUT2D eigenvalue weighted by molar-refractivity contribution is -0.142. The summed E-state index contributed by atoms with van der Waals surface area (Å²) in [4.78, 5) is 29.7. The Morgan fingerprint density at radius 2 is 1.65 bits per heavy atom. The van der Waals surface area contributed by atoms with E-state index in [1.54, 1.807) is 4.90 Å².